The third kappa shape index (κ3) is 13.0. The molecule has 4 saturated heterocycles. The second kappa shape index (κ2) is 27.1. The molecule has 5 aromatic rings. The molecule has 4 aliphatic heterocycles. The van der Waals surface area contributed by atoms with E-state index in [1.165, 1.54) is 18.0 Å². The van der Waals surface area contributed by atoms with Crippen molar-refractivity contribution < 1.29 is 56.4 Å². The smallest absolute Gasteiger partial charge is 0.319 e. The summed E-state index contributed by atoms with van der Waals surface area (Å²) in [5, 5.41) is 7.32. The molecule has 2 bridgehead atoms. The van der Waals surface area contributed by atoms with Crippen LogP contribution < -0.4 is 20.3 Å². The van der Waals surface area contributed by atoms with Crippen molar-refractivity contribution in [2.45, 2.75) is 88.0 Å². The number of aromatic nitrogens is 3. The van der Waals surface area contributed by atoms with E-state index in [1.807, 2.05) is 13.0 Å². The van der Waals surface area contributed by atoms with E-state index in [1.54, 1.807) is 42.6 Å². The minimum atomic E-state index is -0.861. The van der Waals surface area contributed by atoms with Gasteiger partial charge in [0.1, 0.15) is 35.5 Å². The number of terminal acetylenes is 1. The zero-order valence-corrected chi connectivity index (χ0v) is 45.5. The van der Waals surface area contributed by atoms with Gasteiger partial charge in [0.15, 0.2) is 12.1 Å². The summed E-state index contributed by atoms with van der Waals surface area (Å²) in [4.78, 5) is 69.0. The number of nitrogens with one attached hydrogen (secondary N) is 2. The van der Waals surface area contributed by atoms with Crippen LogP contribution in [0.15, 0.2) is 66.9 Å². The van der Waals surface area contributed by atoms with Crippen LogP contribution in [0.2, 0.25) is 0 Å². The third-order valence-electron chi connectivity index (χ3n) is 15.7. The number of likely N-dealkylation sites (N-methyl/N-ethyl adjacent to an activating group) is 1. The maximum absolute atomic E-state index is 17.2. The van der Waals surface area contributed by atoms with Crippen molar-refractivity contribution in [1.29, 1.82) is 0 Å². The number of fused-ring (bicyclic) bond motifs is 5. The lowest BCUT2D eigenvalue weighted by atomic mass is 9.94. The molecule has 0 spiro atoms. The summed E-state index contributed by atoms with van der Waals surface area (Å²) in [6.07, 6.45) is 14.3. The SMILES string of the molecule is C#Cc1c(F)ccc2cccc(-c3ncc4c(N5CC6CCC(C5)N6)nc(OCC56CCC(COCCOCCOCCOCCOCCc7cccc(C(=O)N(C)C(CCC)C(=O)NC=O)c7C=O)N5CC(=C)C6)nc4c3F)c12. The summed E-state index contributed by atoms with van der Waals surface area (Å²) in [6, 6.07) is 13.1. The number of carbonyl (C=O) groups excluding carboxylic acids is 4. The number of nitrogens with zero attached hydrogens (tertiary/aromatic N) is 6. The largest absolute Gasteiger partial charge is 0.461 e. The molecule has 0 radical (unpaired) electrons. The number of benzene rings is 3. The van der Waals surface area contributed by atoms with Gasteiger partial charge >= 0.3 is 6.01 Å². The molecule has 2 aromatic heterocycles. The van der Waals surface area contributed by atoms with E-state index >= 15 is 8.78 Å². The summed E-state index contributed by atoms with van der Waals surface area (Å²) in [5.74, 6) is 0.714. The molecule has 0 aliphatic carbocycles. The van der Waals surface area contributed by atoms with Crippen LogP contribution in [0, 0.1) is 24.0 Å². The molecule has 9 rings (SSSR count). The molecule has 0 saturated carbocycles. The Balaban J connectivity index is 0.697. The van der Waals surface area contributed by atoms with Crippen molar-refractivity contribution in [3.05, 3.63) is 101 Å². The first-order valence-electron chi connectivity index (χ1n) is 27.6. The Morgan fingerprint density at radius 3 is 2.33 bits per heavy atom. The molecule has 2 N–H and O–H groups in total. The number of hydrogen-bond acceptors (Lipinski definition) is 16. The lowest BCUT2D eigenvalue weighted by Gasteiger charge is -2.35. The minimum Gasteiger partial charge on any atom is -0.461 e. The van der Waals surface area contributed by atoms with Gasteiger partial charge in [-0.3, -0.25) is 34.4 Å². The van der Waals surface area contributed by atoms with Gasteiger partial charge in [0.05, 0.1) is 88.1 Å². The van der Waals surface area contributed by atoms with Gasteiger partial charge in [0.25, 0.3) is 5.91 Å². The number of ether oxygens (including phenoxy) is 6. The van der Waals surface area contributed by atoms with Crippen LogP contribution in [-0.4, -0.2) is 178 Å². The molecular formula is C60H70F2N8O10. The molecule has 5 unspecified atom stereocenters. The maximum atomic E-state index is 17.2. The molecule has 424 valence electrons. The van der Waals surface area contributed by atoms with Gasteiger partial charge in [-0.25, -0.2) is 8.78 Å². The van der Waals surface area contributed by atoms with Gasteiger partial charge in [-0.2, -0.15) is 9.97 Å². The zero-order valence-electron chi connectivity index (χ0n) is 45.5. The second-order valence-electron chi connectivity index (χ2n) is 20.9. The number of halogens is 2. The Morgan fingerprint density at radius 2 is 1.64 bits per heavy atom. The van der Waals surface area contributed by atoms with Crippen molar-refractivity contribution in [3.8, 4) is 29.6 Å². The lowest BCUT2D eigenvalue weighted by Crippen LogP contribution is -2.51. The zero-order chi connectivity index (χ0) is 56.2. The molecule has 3 amide bonds. The molecule has 20 heteroatoms. The fourth-order valence-corrected chi connectivity index (χ4v) is 11.8. The minimum absolute atomic E-state index is 0.0103. The van der Waals surface area contributed by atoms with Gasteiger partial charge in [-0.15, -0.1) is 6.42 Å². The fraction of sp³-hybridized carbons (Fsp3) is 0.483. The number of carbonyl (C=O) groups is 4. The predicted octanol–water partition coefficient (Wildman–Crippen LogP) is 6.24. The number of amides is 3. The number of anilines is 1. The molecule has 3 aromatic carbocycles. The molecule has 4 aliphatic rings. The maximum Gasteiger partial charge on any atom is 0.319 e. The predicted molar refractivity (Wildman–Crippen MR) is 297 cm³/mol. The standard InChI is InChI=1S/C60H70F2N8O10/c1-5-9-51(57(73)64-38-72)68(4)58(74)46-12-7-10-40(49(46)35-71)19-21-75-22-23-76-24-25-77-26-27-78-28-29-79-36-44-18-20-60(30-39(3)32-70(44)60)37-80-59-66-55-48(56(67-59)69-33-42-15-16-43(34-69)65-42)31-63-54(53(55)62)47-13-8-11-41-14-17-50(61)45(6-2)52(41)47/h2,7-8,10-14,17,31,35,38,42-44,51,65H,3,5,9,15-16,18-30,32-34,36-37H2,1,4H3,(H,64,72,73). The highest BCUT2D eigenvalue weighted by atomic mass is 19.1. The number of hydrogen-bond donors (Lipinski definition) is 2. The Bertz CT molecular complexity index is 3090. The monoisotopic (exact) mass is 1100 g/mol. The van der Waals surface area contributed by atoms with E-state index < -0.39 is 29.5 Å². The fourth-order valence-electron chi connectivity index (χ4n) is 11.8. The van der Waals surface area contributed by atoms with Gasteiger partial charge in [-0.05, 0) is 68.0 Å². The molecule has 80 heavy (non-hydrogen) atoms. The van der Waals surface area contributed by atoms with Gasteiger partial charge in [0.2, 0.25) is 12.3 Å². The van der Waals surface area contributed by atoms with Crippen molar-refractivity contribution in [3.63, 3.8) is 0 Å². The van der Waals surface area contributed by atoms with Gasteiger partial charge < -0.3 is 43.5 Å². The normalized spacial score (nSPS) is 20.0. The summed E-state index contributed by atoms with van der Waals surface area (Å²) >= 11 is 0. The van der Waals surface area contributed by atoms with Gasteiger partial charge in [0, 0.05) is 67.5 Å². The van der Waals surface area contributed by atoms with Crippen molar-refractivity contribution >= 4 is 52.0 Å². The number of aldehydes is 1. The topological polar surface area (TPSA) is 196 Å². The lowest BCUT2D eigenvalue weighted by molar-refractivity contribution is -0.128. The van der Waals surface area contributed by atoms with Gasteiger partial charge in [-0.1, -0.05) is 67.8 Å². The van der Waals surface area contributed by atoms with Crippen LogP contribution >= 0.6 is 0 Å². The Hall–Kier alpha value is -6.83. The highest BCUT2D eigenvalue weighted by molar-refractivity contribution is 6.05. The summed E-state index contributed by atoms with van der Waals surface area (Å²) in [5.41, 5.74) is 2.28. The Labute approximate surface area is 464 Å². The number of piperazine rings is 1. The summed E-state index contributed by atoms with van der Waals surface area (Å²) < 4.78 is 67.7. The quantitative estimate of drug-likeness (QED) is 0.0236. The molecule has 18 nitrogen and oxygen atoms in total. The molecular weight excluding hydrogens is 1030 g/mol. The van der Waals surface area contributed by atoms with Crippen LogP contribution in [-0.2, 0) is 39.7 Å². The van der Waals surface area contributed by atoms with Crippen LogP contribution in [0.3, 0.4) is 0 Å². The van der Waals surface area contributed by atoms with Crippen molar-refractivity contribution in [2.24, 2.45) is 0 Å². The van der Waals surface area contributed by atoms with E-state index in [-0.39, 0.29) is 70.6 Å². The van der Waals surface area contributed by atoms with E-state index in [2.05, 4.69) is 37.9 Å². The second-order valence-corrected chi connectivity index (χ2v) is 20.9. The first-order chi connectivity index (χ1) is 39.0. The van der Waals surface area contributed by atoms with E-state index in [9.17, 15) is 19.2 Å². The summed E-state index contributed by atoms with van der Waals surface area (Å²) in [6.45, 7) is 12.5. The first kappa shape index (κ1) is 57.8. The van der Waals surface area contributed by atoms with Crippen molar-refractivity contribution in [1.82, 2.24) is 35.4 Å². The first-order valence-corrected chi connectivity index (χ1v) is 27.6. The van der Waals surface area contributed by atoms with Crippen LogP contribution in [0.25, 0.3) is 32.9 Å². The number of imide groups is 1. The number of rotatable bonds is 29. The average Bonchev–Trinajstić information content (AvgIpc) is 4.13. The molecule has 4 fully saturated rings. The summed E-state index contributed by atoms with van der Waals surface area (Å²) in [7, 11) is 1.48. The Kier molecular flexibility index (Phi) is 19.6. The third-order valence-corrected chi connectivity index (χ3v) is 15.7. The number of pyridine rings is 1. The van der Waals surface area contributed by atoms with E-state index in [0.717, 1.165) is 37.7 Å². The van der Waals surface area contributed by atoms with Crippen LogP contribution in [0.4, 0.5) is 14.6 Å². The van der Waals surface area contributed by atoms with Crippen LogP contribution in [0.1, 0.15) is 83.7 Å². The van der Waals surface area contributed by atoms with E-state index in [0.29, 0.717) is 144 Å². The molecule has 5 atom stereocenters. The van der Waals surface area contributed by atoms with Crippen molar-refractivity contribution in [2.75, 3.05) is 104 Å². The average molecular weight is 1100 g/mol. The highest BCUT2D eigenvalue weighted by Crippen LogP contribution is 2.45. The highest BCUT2D eigenvalue weighted by Gasteiger charge is 2.51. The van der Waals surface area contributed by atoms with Crippen LogP contribution in [0.5, 0.6) is 6.01 Å². The molecule has 6 heterocycles. The van der Waals surface area contributed by atoms with E-state index in [4.69, 9.17) is 44.8 Å². The Morgan fingerprint density at radius 1 is 0.938 bits per heavy atom.